The largest absolute Gasteiger partial charge is 0.354 e. The van der Waals surface area contributed by atoms with Gasteiger partial charge in [-0.25, -0.2) is 0 Å². The Kier molecular flexibility index (Phi) is 5.53. The maximum atomic E-state index is 13.7. The van der Waals surface area contributed by atoms with E-state index in [1.807, 2.05) is 26.8 Å². The summed E-state index contributed by atoms with van der Waals surface area (Å²) in [6.07, 6.45) is 0. The molecule has 0 aliphatic heterocycles. The number of rotatable bonds is 4. The van der Waals surface area contributed by atoms with E-state index in [4.69, 9.17) is 0 Å². The second-order valence-corrected chi connectivity index (χ2v) is 8.83. The quantitative estimate of drug-likeness (QED) is 0.326. The highest BCUT2D eigenvalue weighted by atomic mass is 16.2. The van der Waals surface area contributed by atoms with Gasteiger partial charge >= 0.3 is 0 Å². The molecular weight excluding hydrogens is 436 g/mol. The SMILES string of the molecule is Cc1cc(C)c(Nc2ccc(NC(=O)c3ccccc3)c3c2C(=O)c2ccccc2C3=O)c(C)c1. The van der Waals surface area contributed by atoms with Gasteiger partial charge in [0.2, 0.25) is 0 Å². The van der Waals surface area contributed by atoms with Crippen LogP contribution in [-0.4, -0.2) is 17.5 Å². The van der Waals surface area contributed by atoms with Crippen molar-refractivity contribution in [2.24, 2.45) is 0 Å². The number of carbonyl (C=O) groups excluding carboxylic acids is 3. The van der Waals surface area contributed by atoms with Crippen molar-refractivity contribution in [2.75, 3.05) is 10.6 Å². The Hall–Kier alpha value is -4.51. The average molecular weight is 461 g/mol. The van der Waals surface area contributed by atoms with Crippen LogP contribution >= 0.6 is 0 Å². The number of benzene rings is 4. The van der Waals surface area contributed by atoms with E-state index in [9.17, 15) is 14.4 Å². The fraction of sp³-hybridized carbons (Fsp3) is 0.100. The van der Waals surface area contributed by atoms with Gasteiger partial charge in [0.25, 0.3) is 5.91 Å². The smallest absolute Gasteiger partial charge is 0.255 e. The molecule has 0 radical (unpaired) electrons. The molecule has 0 saturated heterocycles. The van der Waals surface area contributed by atoms with Crippen molar-refractivity contribution < 1.29 is 14.4 Å². The first-order chi connectivity index (χ1) is 16.8. The van der Waals surface area contributed by atoms with Crippen LogP contribution in [0.5, 0.6) is 0 Å². The molecule has 2 N–H and O–H groups in total. The van der Waals surface area contributed by atoms with Crippen molar-refractivity contribution in [3.8, 4) is 0 Å². The molecule has 5 heteroatoms. The molecule has 0 spiro atoms. The van der Waals surface area contributed by atoms with Gasteiger partial charge in [-0.1, -0.05) is 60.2 Å². The van der Waals surface area contributed by atoms with Crippen LogP contribution in [0.15, 0.2) is 78.9 Å². The summed E-state index contributed by atoms with van der Waals surface area (Å²) in [6, 6.07) is 23.1. The van der Waals surface area contributed by atoms with Crippen LogP contribution in [-0.2, 0) is 0 Å². The maximum Gasteiger partial charge on any atom is 0.255 e. The van der Waals surface area contributed by atoms with Crippen LogP contribution in [0.2, 0.25) is 0 Å². The first-order valence-corrected chi connectivity index (χ1v) is 11.4. The minimum Gasteiger partial charge on any atom is -0.354 e. The summed E-state index contributed by atoms with van der Waals surface area (Å²) < 4.78 is 0. The summed E-state index contributed by atoms with van der Waals surface area (Å²) in [5.74, 6) is -0.895. The van der Waals surface area contributed by atoms with Crippen LogP contribution < -0.4 is 10.6 Å². The van der Waals surface area contributed by atoms with E-state index in [0.717, 1.165) is 22.4 Å². The minimum atomic E-state index is -0.349. The van der Waals surface area contributed by atoms with Crippen LogP contribution in [0.1, 0.15) is 58.9 Å². The molecule has 0 saturated carbocycles. The predicted octanol–water partition coefficient (Wildman–Crippen LogP) is 6.38. The third kappa shape index (κ3) is 3.91. The van der Waals surface area contributed by atoms with E-state index in [2.05, 4.69) is 22.8 Å². The molecule has 0 bridgehead atoms. The number of aryl methyl sites for hydroxylation is 3. The van der Waals surface area contributed by atoms with Crippen LogP contribution in [0.4, 0.5) is 17.1 Å². The van der Waals surface area contributed by atoms with Crippen molar-refractivity contribution in [3.63, 3.8) is 0 Å². The number of anilines is 3. The third-order valence-corrected chi connectivity index (χ3v) is 6.30. The normalized spacial score (nSPS) is 12.1. The molecule has 0 unspecified atom stereocenters. The Labute approximate surface area is 203 Å². The van der Waals surface area contributed by atoms with E-state index in [1.54, 1.807) is 60.7 Å². The van der Waals surface area contributed by atoms with E-state index in [-0.39, 0.29) is 28.6 Å². The highest BCUT2D eigenvalue weighted by molar-refractivity contribution is 6.32. The molecule has 1 aliphatic carbocycles. The first kappa shape index (κ1) is 22.3. The van der Waals surface area contributed by atoms with Crippen molar-refractivity contribution >= 4 is 34.5 Å². The lowest BCUT2D eigenvalue weighted by Gasteiger charge is -2.24. The highest BCUT2D eigenvalue weighted by Gasteiger charge is 2.34. The highest BCUT2D eigenvalue weighted by Crippen LogP contribution is 2.38. The molecule has 4 aromatic rings. The lowest BCUT2D eigenvalue weighted by atomic mass is 9.82. The van der Waals surface area contributed by atoms with Gasteiger partial charge in [0.05, 0.1) is 22.5 Å². The molecule has 0 aromatic heterocycles. The molecule has 172 valence electrons. The molecule has 5 nitrogen and oxygen atoms in total. The zero-order chi connectivity index (χ0) is 24.7. The Bertz CT molecular complexity index is 1500. The van der Waals surface area contributed by atoms with Crippen molar-refractivity contribution in [1.82, 2.24) is 0 Å². The lowest BCUT2D eigenvalue weighted by molar-refractivity contribution is 0.0979. The lowest BCUT2D eigenvalue weighted by Crippen LogP contribution is -2.25. The summed E-state index contributed by atoms with van der Waals surface area (Å²) in [5.41, 5.74) is 6.56. The number of amides is 1. The number of hydrogen-bond donors (Lipinski definition) is 2. The number of fused-ring (bicyclic) bond motifs is 2. The van der Waals surface area contributed by atoms with Gasteiger partial charge in [-0.3, -0.25) is 14.4 Å². The monoisotopic (exact) mass is 460 g/mol. The Morgan fingerprint density at radius 3 is 1.77 bits per heavy atom. The number of ketones is 2. The average Bonchev–Trinajstić information content (AvgIpc) is 2.85. The van der Waals surface area contributed by atoms with E-state index < -0.39 is 0 Å². The van der Waals surface area contributed by atoms with E-state index in [0.29, 0.717) is 28.1 Å². The second kappa shape index (κ2) is 8.69. The van der Waals surface area contributed by atoms with Crippen molar-refractivity contribution in [1.29, 1.82) is 0 Å². The molecule has 0 atom stereocenters. The van der Waals surface area contributed by atoms with Gasteiger partial charge in [-0.2, -0.15) is 0 Å². The van der Waals surface area contributed by atoms with Gasteiger partial charge in [-0.15, -0.1) is 0 Å². The van der Waals surface area contributed by atoms with Crippen LogP contribution in [0, 0.1) is 20.8 Å². The Morgan fingerprint density at radius 2 is 1.17 bits per heavy atom. The molecule has 35 heavy (non-hydrogen) atoms. The maximum absolute atomic E-state index is 13.7. The number of carbonyl (C=O) groups is 3. The Balaban J connectivity index is 1.66. The van der Waals surface area contributed by atoms with Gasteiger partial charge in [0, 0.05) is 22.4 Å². The van der Waals surface area contributed by atoms with Crippen molar-refractivity contribution in [3.05, 3.63) is 123 Å². The van der Waals surface area contributed by atoms with Crippen LogP contribution in [0.3, 0.4) is 0 Å². The van der Waals surface area contributed by atoms with Crippen molar-refractivity contribution in [2.45, 2.75) is 20.8 Å². The summed E-state index contributed by atoms with van der Waals surface area (Å²) in [5, 5.41) is 6.25. The standard InChI is InChI=1S/C30H24N2O3/c1-17-15-18(2)27(19(3)16-17)31-23-13-14-24(32-30(35)20-9-5-4-6-10-20)26-25(23)28(33)21-11-7-8-12-22(21)29(26)34/h4-16,31H,1-3H3,(H,32,35). The fourth-order valence-corrected chi connectivity index (χ4v) is 4.73. The first-order valence-electron chi connectivity index (χ1n) is 11.4. The predicted molar refractivity (Wildman–Crippen MR) is 138 cm³/mol. The van der Waals surface area contributed by atoms with Gasteiger partial charge in [0.1, 0.15) is 0 Å². The number of nitrogens with one attached hydrogen (secondary N) is 2. The molecule has 5 rings (SSSR count). The third-order valence-electron chi connectivity index (χ3n) is 6.30. The zero-order valence-electron chi connectivity index (χ0n) is 19.7. The Morgan fingerprint density at radius 1 is 0.657 bits per heavy atom. The van der Waals surface area contributed by atoms with E-state index in [1.165, 1.54) is 0 Å². The van der Waals surface area contributed by atoms with Crippen LogP contribution in [0.25, 0.3) is 0 Å². The second-order valence-electron chi connectivity index (χ2n) is 8.83. The van der Waals surface area contributed by atoms with Gasteiger partial charge in [0.15, 0.2) is 11.6 Å². The summed E-state index contributed by atoms with van der Waals surface area (Å²) >= 11 is 0. The summed E-state index contributed by atoms with van der Waals surface area (Å²) in [4.78, 5) is 40.2. The molecule has 4 aromatic carbocycles. The van der Waals surface area contributed by atoms with Gasteiger partial charge < -0.3 is 10.6 Å². The zero-order valence-corrected chi connectivity index (χ0v) is 19.7. The molecule has 0 heterocycles. The molecule has 1 amide bonds. The molecule has 1 aliphatic rings. The van der Waals surface area contributed by atoms with Gasteiger partial charge in [-0.05, 0) is 56.2 Å². The number of hydrogen-bond acceptors (Lipinski definition) is 4. The van der Waals surface area contributed by atoms with E-state index >= 15 is 0 Å². The topological polar surface area (TPSA) is 75.3 Å². The fourth-order valence-electron chi connectivity index (χ4n) is 4.73. The minimum absolute atomic E-state index is 0.199. The summed E-state index contributed by atoms with van der Waals surface area (Å²) in [6.45, 7) is 6.05. The molecule has 0 fully saturated rings. The molecular formula is C30H24N2O3. The summed E-state index contributed by atoms with van der Waals surface area (Å²) in [7, 11) is 0.